The standard InChI is InChI=1S/C25H22N2O2/c1-12-11-16-13(2)19-22(20(14-7-8-14)21(15-9-10-15)23(16)29-12)24-26-17-5-3-4-6-18(17)27(24)25(19)28/h3-6,11,14-15,21H,7-10H2,1-2H3. The molecule has 3 aromatic rings. The SMILES string of the molecule is CC1=C2C(=O)n3c(nc4ccccc43)C2=C(C2CC2)C(C2CC2)c2oc(C)cc21. The van der Waals surface area contributed by atoms with E-state index < -0.39 is 0 Å². The fraction of sp³-hybridized carbons (Fsp3) is 0.360. The van der Waals surface area contributed by atoms with Crippen molar-refractivity contribution in [3.8, 4) is 0 Å². The first kappa shape index (κ1) is 16.0. The molecule has 0 saturated heterocycles. The highest BCUT2D eigenvalue weighted by molar-refractivity contribution is 6.24. The monoisotopic (exact) mass is 382 g/mol. The molecule has 7 rings (SSSR count). The highest BCUT2D eigenvalue weighted by Gasteiger charge is 2.50. The van der Waals surface area contributed by atoms with Crippen molar-refractivity contribution >= 4 is 28.1 Å². The fourth-order valence-electron chi connectivity index (χ4n) is 5.59. The van der Waals surface area contributed by atoms with Crippen LogP contribution in [0.2, 0.25) is 0 Å². The molecule has 4 heteroatoms. The number of carbonyl (C=O) groups is 1. The Bertz CT molecular complexity index is 1310. The molecular formula is C25H22N2O2. The molecule has 2 fully saturated rings. The summed E-state index contributed by atoms with van der Waals surface area (Å²) in [7, 11) is 0. The minimum atomic E-state index is 0.0700. The summed E-state index contributed by atoms with van der Waals surface area (Å²) in [6.07, 6.45) is 4.90. The van der Waals surface area contributed by atoms with E-state index in [2.05, 4.69) is 13.0 Å². The minimum Gasteiger partial charge on any atom is -0.465 e. The first-order valence-corrected chi connectivity index (χ1v) is 10.7. The third-order valence-corrected chi connectivity index (χ3v) is 7.13. The normalized spacial score (nSPS) is 23.5. The zero-order valence-electron chi connectivity index (χ0n) is 16.7. The van der Waals surface area contributed by atoms with Gasteiger partial charge in [-0.25, -0.2) is 4.98 Å². The summed E-state index contributed by atoms with van der Waals surface area (Å²) in [5.41, 5.74) is 7.39. The summed E-state index contributed by atoms with van der Waals surface area (Å²) in [6, 6.07) is 10.1. The van der Waals surface area contributed by atoms with Gasteiger partial charge in [-0.2, -0.15) is 0 Å². The van der Waals surface area contributed by atoms with Gasteiger partial charge in [0.1, 0.15) is 17.3 Å². The van der Waals surface area contributed by atoms with Crippen molar-refractivity contribution in [2.45, 2.75) is 45.4 Å². The van der Waals surface area contributed by atoms with Crippen LogP contribution in [0.25, 0.3) is 22.2 Å². The third kappa shape index (κ3) is 1.99. The quantitative estimate of drug-likeness (QED) is 0.568. The Morgan fingerprint density at radius 3 is 2.62 bits per heavy atom. The summed E-state index contributed by atoms with van der Waals surface area (Å²) < 4.78 is 8.17. The van der Waals surface area contributed by atoms with E-state index in [9.17, 15) is 4.79 Å². The van der Waals surface area contributed by atoms with Gasteiger partial charge in [0.25, 0.3) is 5.91 Å². The number of furan rings is 1. The van der Waals surface area contributed by atoms with Crippen LogP contribution in [0.3, 0.4) is 0 Å². The largest absolute Gasteiger partial charge is 0.465 e. The van der Waals surface area contributed by atoms with Crippen molar-refractivity contribution in [2.75, 3.05) is 0 Å². The van der Waals surface area contributed by atoms with Crippen LogP contribution in [-0.4, -0.2) is 15.5 Å². The highest BCUT2D eigenvalue weighted by atomic mass is 16.3. The fourth-order valence-corrected chi connectivity index (χ4v) is 5.59. The number of nitrogens with zero attached hydrogens (tertiary/aromatic N) is 2. The van der Waals surface area contributed by atoms with Crippen LogP contribution in [0.4, 0.5) is 0 Å². The molecule has 3 aliphatic carbocycles. The molecule has 0 amide bonds. The number of imidazole rings is 1. The van der Waals surface area contributed by atoms with Crippen molar-refractivity contribution in [3.05, 3.63) is 64.4 Å². The summed E-state index contributed by atoms with van der Waals surface area (Å²) in [4.78, 5) is 18.7. The van der Waals surface area contributed by atoms with E-state index in [4.69, 9.17) is 9.40 Å². The number of aromatic nitrogens is 2. The minimum absolute atomic E-state index is 0.0700. The molecule has 0 radical (unpaired) electrons. The lowest BCUT2D eigenvalue weighted by atomic mass is 9.84. The van der Waals surface area contributed by atoms with E-state index >= 15 is 0 Å². The predicted molar refractivity (Wildman–Crippen MR) is 112 cm³/mol. The Morgan fingerprint density at radius 1 is 1.07 bits per heavy atom. The molecule has 1 unspecified atom stereocenters. The Labute approximate surface area is 168 Å². The summed E-state index contributed by atoms with van der Waals surface area (Å²) in [5.74, 6) is 4.41. The van der Waals surface area contributed by atoms with E-state index in [1.54, 1.807) is 0 Å². The number of hydrogen-bond donors (Lipinski definition) is 0. The molecule has 1 aliphatic heterocycles. The van der Waals surface area contributed by atoms with Gasteiger partial charge in [-0.3, -0.25) is 9.36 Å². The first-order chi connectivity index (χ1) is 14.1. The lowest BCUT2D eigenvalue weighted by molar-refractivity contribution is 0.0973. The zero-order chi connectivity index (χ0) is 19.4. The molecule has 2 aromatic heterocycles. The molecule has 29 heavy (non-hydrogen) atoms. The van der Waals surface area contributed by atoms with Crippen LogP contribution >= 0.6 is 0 Å². The Kier molecular flexibility index (Phi) is 2.85. The Balaban J connectivity index is 1.63. The number of hydrogen-bond acceptors (Lipinski definition) is 3. The molecule has 0 bridgehead atoms. The average molecular weight is 382 g/mol. The van der Waals surface area contributed by atoms with Gasteiger partial charge in [-0.1, -0.05) is 12.1 Å². The number of aryl methyl sites for hydroxylation is 1. The maximum atomic E-state index is 13.8. The number of para-hydroxylation sites is 2. The summed E-state index contributed by atoms with van der Waals surface area (Å²) in [5, 5.41) is 0. The van der Waals surface area contributed by atoms with Crippen LogP contribution in [-0.2, 0) is 0 Å². The van der Waals surface area contributed by atoms with Gasteiger partial charge >= 0.3 is 0 Å². The topological polar surface area (TPSA) is 48.0 Å². The van der Waals surface area contributed by atoms with Gasteiger partial charge in [0.2, 0.25) is 0 Å². The van der Waals surface area contributed by atoms with Crippen LogP contribution in [0, 0.1) is 18.8 Å². The van der Waals surface area contributed by atoms with Crippen molar-refractivity contribution in [1.29, 1.82) is 0 Å². The average Bonchev–Trinajstić information content (AvgIpc) is 3.61. The van der Waals surface area contributed by atoms with Gasteiger partial charge in [0.05, 0.1) is 16.6 Å². The van der Waals surface area contributed by atoms with Crippen LogP contribution < -0.4 is 0 Å². The summed E-state index contributed by atoms with van der Waals surface area (Å²) in [6.45, 7) is 4.11. The highest BCUT2D eigenvalue weighted by Crippen LogP contribution is 2.60. The van der Waals surface area contributed by atoms with E-state index in [0.29, 0.717) is 11.8 Å². The van der Waals surface area contributed by atoms with Crippen molar-refractivity contribution in [3.63, 3.8) is 0 Å². The third-order valence-electron chi connectivity index (χ3n) is 7.13. The second-order valence-corrected chi connectivity index (χ2v) is 9.12. The molecule has 1 aromatic carbocycles. The van der Waals surface area contributed by atoms with Crippen LogP contribution in [0.1, 0.15) is 66.2 Å². The smallest absolute Gasteiger partial charge is 0.265 e. The molecule has 2 saturated carbocycles. The van der Waals surface area contributed by atoms with E-state index in [0.717, 1.165) is 50.7 Å². The lowest BCUT2D eigenvalue weighted by Crippen LogP contribution is -2.09. The lowest BCUT2D eigenvalue weighted by Gasteiger charge is -2.20. The number of carbonyl (C=O) groups excluding carboxylic acids is 1. The van der Waals surface area contributed by atoms with E-state index in [1.165, 1.54) is 31.3 Å². The molecule has 0 spiro atoms. The molecule has 4 aliphatic rings. The molecule has 4 nitrogen and oxygen atoms in total. The second kappa shape index (κ2) is 5.18. The molecular weight excluding hydrogens is 360 g/mol. The van der Waals surface area contributed by atoms with Gasteiger partial charge in [-0.15, -0.1) is 0 Å². The van der Waals surface area contributed by atoms with Gasteiger partial charge in [-0.05, 0) is 80.7 Å². The van der Waals surface area contributed by atoms with E-state index in [1.807, 2.05) is 35.8 Å². The van der Waals surface area contributed by atoms with E-state index in [-0.39, 0.29) is 11.8 Å². The Morgan fingerprint density at radius 2 is 1.86 bits per heavy atom. The van der Waals surface area contributed by atoms with Crippen LogP contribution in [0.15, 0.2) is 45.9 Å². The zero-order valence-corrected chi connectivity index (χ0v) is 16.7. The van der Waals surface area contributed by atoms with Crippen molar-refractivity contribution < 1.29 is 9.21 Å². The van der Waals surface area contributed by atoms with Crippen molar-refractivity contribution in [2.24, 2.45) is 11.8 Å². The number of allylic oxidation sites excluding steroid dienone is 4. The van der Waals surface area contributed by atoms with Gasteiger partial charge < -0.3 is 4.42 Å². The predicted octanol–water partition coefficient (Wildman–Crippen LogP) is 5.74. The number of rotatable bonds is 2. The van der Waals surface area contributed by atoms with Crippen LogP contribution in [0.5, 0.6) is 0 Å². The molecule has 1 atom stereocenters. The Hall–Kier alpha value is -2.88. The van der Waals surface area contributed by atoms with Gasteiger partial charge in [0.15, 0.2) is 0 Å². The second-order valence-electron chi connectivity index (χ2n) is 9.12. The molecule has 144 valence electrons. The van der Waals surface area contributed by atoms with Gasteiger partial charge in [0, 0.05) is 17.1 Å². The first-order valence-electron chi connectivity index (χ1n) is 10.7. The number of benzene rings is 1. The number of fused-ring (bicyclic) bond motifs is 6. The maximum Gasteiger partial charge on any atom is 0.265 e. The maximum absolute atomic E-state index is 13.8. The summed E-state index contributed by atoms with van der Waals surface area (Å²) >= 11 is 0. The molecule has 0 N–H and O–H groups in total. The molecule has 3 heterocycles. The van der Waals surface area contributed by atoms with Crippen molar-refractivity contribution in [1.82, 2.24) is 9.55 Å².